The van der Waals surface area contributed by atoms with Gasteiger partial charge in [0.1, 0.15) is 0 Å². The summed E-state index contributed by atoms with van der Waals surface area (Å²) in [4.78, 5) is 2.62. The molecule has 22 heavy (non-hydrogen) atoms. The molecule has 1 saturated carbocycles. The molecule has 2 aliphatic rings. The highest BCUT2D eigenvalue weighted by Gasteiger charge is 2.49. The van der Waals surface area contributed by atoms with Gasteiger partial charge in [-0.25, -0.2) is 0 Å². The molecular formula is C20H23NO. The van der Waals surface area contributed by atoms with Crippen LogP contribution in [0, 0.1) is 0 Å². The minimum absolute atomic E-state index is 0.473. The van der Waals surface area contributed by atoms with Crippen molar-refractivity contribution in [3.63, 3.8) is 0 Å². The zero-order valence-corrected chi connectivity index (χ0v) is 12.9. The smallest absolute Gasteiger partial charge is 0.0996 e. The van der Waals surface area contributed by atoms with E-state index in [1.165, 1.54) is 30.4 Å². The van der Waals surface area contributed by atoms with Crippen molar-refractivity contribution < 1.29 is 4.74 Å². The van der Waals surface area contributed by atoms with Crippen LogP contribution in [-0.2, 0) is 17.8 Å². The fourth-order valence-electron chi connectivity index (χ4n) is 3.74. The topological polar surface area (TPSA) is 15.8 Å². The van der Waals surface area contributed by atoms with Crippen LogP contribution < -0.4 is 0 Å². The maximum atomic E-state index is 5.91. The molecule has 1 heterocycles. The Balaban J connectivity index is 1.54. The van der Waals surface area contributed by atoms with Crippen molar-refractivity contribution in [2.75, 3.05) is 0 Å². The molecule has 2 fully saturated rings. The third-order valence-electron chi connectivity index (χ3n) is 4.92. The number of fused-ring (bicyclic) bond motifs is 1. The minimum Gasteiger partial charge on any atom is -0.368 e. The third kappa shape index (κ3) is 3.08. The first kappa shape index (κ1) is 14.0. The molecule has 0 spiro atoms. The van der Waals surface area contributed by atoms with Crippen molar-refractivity contribution in [3.05, 3.63) is 71.8 Å². The molecule has 2 aromatic carbocycles. The number of ether oxygens (including phenoxy) is 1. The number of hydrogen-bond donors (Lipinski definition) is 0. The van der Waals surface area contributed by atoms with Gasteiger partial charge in [-0.2, -0.15) is 0 Å². The summed E-state index contributed by atoms with van der Waals surface area (Å²) in [7, 11) is 0. The van der Waals surface area contributed by atoms with Crippen LogP contribution in [0.4, 0.5) is 0 Å². The Hall–Kier alpha value is -1.64. The van der Waals surface area contributed by atoms with Crippen molar-refractivity contribution in [2.24, 2.45) is 0 Å². The van der Waals surface area contributed by atoms with Crippen LogP contribution in [0.2, 0.25) is 0 Å². The van der Waals surface area contributed by atoms with Gasteiger partial charge in [-0.1, -0.05) is 60.7 Å². The number of benzene rings is 2. The first-order valence-corrected chi connectivity index (χ1v) is 8.37. The highest BCUT2D eigenvalue weighted by atomic mass is 16.6. The molecule has 1 aliphatic carbocycles. The van der Waals surface area contributed by atoms with Crippen LogP contribution in [0.1, 0.15) is 30.4 Å². The summed E-state index contributed by atoms with van der Waals surface area (Å²) < 4.78 is 5.91. The van der Waals surface area contributed by atoms with E-state index < -0.39 is 0 Å². The lowest BCUT2D eigenvalue weighted by Crippen LogP contribution is -2.40. The van der Waals surface area contributed by atoms with E-state index in [-0.39, 0.29) is 0 Å². The molecule has 3 atom stereocenters. The normalized spacial score (nSPS) is 26.7. The third-order valence-corrected chi connectivity index (χ3v) is 4.92. The zero-order valence-electron chi connectivity index (χ0n) is 12.9. The molecule has 2 nitrogen and oxygen atoms in total. The molecule has 0 radical (unpaired) electrons. The quantitative estimate of drug-likeness (QED) is 0.774. The lowest BCUT2D eigenvalue weighted by Gasteiger charge is -2.33. The van der Waals surface area contributed by atoms with Crippen LogP contribution in [0.15, 0.2) is 60.7 Å². The van der Waals surface area contributed by atoms with Crippen molar-refractivity contribution in [3.8, 4) is 0 Å². The SMILES string of the molecule is c1ccc(CN(Cc2ccccc2)C2CCC[C@H]3OC23)cc1. The van der Waals surface area contributed by atoms with Gasteiger partial charge in [0.25, 0.3) is 0 Å². The Morgan fingerprint density at radius 3 is 2.00 bits per heavy atom. The standard InChI is InChI=1S/C20H23NO/c1-3-8-16(9-4-1)14-21(15-17-10-5-2-6-11-17)18-12-7-13-19-20(18)22-19/h1-6,8-11,18-20H,7,12-15H2/t18?,19-,20?/m1/s1. The van der Waals surface area contributed by atoms with Crippen LogP contribution in [0.25, 0.3) is 0 Å². The highest BCUT2D eigenvalue weighted by molar-refractivity contribution is 5.18. The van der Waals surface area contributed by atoms with Gasteiger partial charge in [0.05, 0.1) is 12.2 Å². The molecule has 1 saturated heterocycles. The van der Waals surface area contributed by atoms with Gasteiger partial charge in [0.2, 0.25) is 0 Å². The van der Waals surface area contributed by atoms with Crippen molar-refractivity contribution in [1.82, 2.24) is 4.90 Å². The Morgan fingerprint density at radius 2 is 1.41 bits per heavy atom. The van der Waals surface area contributed by atoms with Gasteiger partial charge in [-0.05, 0) is 30.4 Å². The van der Waals surface area contributed by atoms with Crippen LogP contribution in [0.5, 0.6) is 0 Å². The van der Waals surface area contributed by atoms with E-state index in [2.05, 4.69) is 65.6 Å². The van der Waals surface area contributed by atoms with E-state index in [9.17, 15) is 0 Å². The summed E-state index contributed by atoms with van der Waals surface area (Å²) in [5.74, 6) is 0. The molecule has 2 heteroatoms. The van der Waals surface area contributed by atoms with E-state index in [1.807, 2.05) is 0 Å². The Labute approximate surface area is 132 Å². The predicted molar refractivity (Wildman–Crippen MR) is 88.4 cm³/mol. The molecular weight excluding hydrogens is 270 g/mol. The zero-order chi connectivity index (χ0) is 14.8. The number of nitrogens with zero attached hydrogens (tertiary/aromatic N) is 1. The van der Waals surface area contributed by atoms with Crippen LogP contribution in [-0.4, -0.2) is 23.1 Å². The summed E-state index contributed by atoms with van der Waals surface area (Å²) in [6, 6.07) is 22.2. The molecule has 2 aromatic rings. The lowest BCUT2D eigenvalue weighted by atomic mass is 9.93. The first-order chi connectivity index (χ1) is 10.9. The van der Waals surface area contributed by atoms with E-state index in [4.69, 9.17) is 4.74 Å². The number of epoxide rings is 1. The van der Waals surface area contributed by atoms with Gasteiger partial charge in [-0.15, -0.1) is 0 Å². The van der Waals surface area contributed by atoms with Crippen molar-refractivity contribution in [1.29, 1.82) is 0 Å². The van der Waals surface area contributed by atoms with Gasteiger partial charge in [0.15, 0.2) is 0 Å². The molecule has 0 bridgehead atoms. The highest BCUT2D eigenvalue weighted by Crippen LogP contribution is 2.40. The van der Waals surface area contributed by atoms with Gasteiger partial charge in [-0.3, -0.25) is 4.90 Å². The fourth-order valence-corrected chi connectivity index (χ4v) is 3.74. The van der Waals surface area contributed by atoms with E-state index >= 15 is 0 Å². The molecule has 0 N–H and O–H groups in total. The maximum absolute atomic E-state index is 5.91. The number of rotatable bonds is 5. The van der Waals surface area contributed by atoms with Gasteiger partial charge >= 0.3 is 0 Å². The first-order valence-electron chi connectivity index (χ1n) is 8.37. The molecule has 114 valence electrons. The average Bonchev–Trinajstić information content (AvgIpc) is 3.36. The van der Waals surface area contributed by atoms with Crippen molar-refractivity contribution >= 4 is 0 Å². The average molecular weight is 293 g/mol. The predicted octanol–water partition coefficient (Wildman–Crippen LogP) is 4.01. The second-order valence-electron chi connectivity index (χ2n) is 6.51. The van der Waals surface area contributed by atoms with E-state index in [0.717, 1.165) is 13.1 Å². The second kappa shape index (κ2) is 6.23. The van der Waals surface area contributed by atoms with Crippen molar-refractivity contribution in [2.45, 2.75) is 50.6 Å². The Bertz CT molecular complexity index is 556. The summed E-state index contributed by atoms with van der Waals surface area (Å²) in [5, 5.41) is 0. The molecule has 0 aromatic heterocycles. The summed E-state index contributed by atoms with van der Waals surface area (Å²) in [5.41, 5.74) is 2.78. The monoisotopic (exact) mass is 293 g/mol. The maximum Gasteiger partial charge on any atom is 0.0996 e. The molecule has 2 unspecified atom stereocenters. The van der Waals surface area contributed by atoms with Gasteiger partial charge < -0.3 is 4.74 Å². The molecule has 0 amide bonds. The summed E-state index contributed by atoms with van der Waals surface area (Å²) in [6.45, 7) is 2.01. The number of hydrogen-bond acceptors (Lipinski definition) is 2. The largest absolute Gasteiger partial charge is 0.368 e. The minimum atomic E-state index is 0.473. The van der Waals surface area contributed by atoms with E-state index in [1.54, 1.807) is 0 Å². The van der Waals surface area contributed by atoms with Crippen LogP contribution in [0.3, 0.4) is 0 Å². The summed E-state index contributed by atoms with van der Waals surface area (Å²) in [6.07, 6.45) is 4.83. The summed E-state index contributed by atoms with van der Waals surface area (Å²) >= 11 is 0. The fraction of sp³-hybridized carbons (Fsp3) is 0.400. The Morgan fingerprint density at radius 1 is 0.818 bits per heavy atom. The molecule has 4 rings (SSSR count). The second-order valence-corrected chi connectivity index (χ2v) is 6.51. The Kier molecular flexibility index (Phi) is 3.96. The van der Waals surface area contributed by atoms with E-state index in [0.29, 0.717) is 18.2 Å². The van der Waals surface area contributed by atoms with Gasteiger partial charge in [0, 0.05) is 19.1 Å². The molecule has 1 aliphatic heterocycles. The van der Waals surface area contributed by atoms with Crippen LogP contribution >= 0.6 is 0 Å². The lowest BCUT2D eigenvalue weighted by molar-refractivity contribution is 0.135.